The van der Waals surface area contributed by atoms with E-state index in [-0.39, 0.29) is 31.4 Å². The summed E-state index contributed by atoms with van der Waals surface area (Å²) in [4.78, 5) is 11.5. The fourth-order valence-corrected chi connectivity index (χ4v) is 3.31. The summed E-state index contributed by atoms with van der Waals surface area (Å²) in [5, 5.41) is 0. The van der Waals surface area contributed by atoms with E-state index in [9.17, 15) is 4.79 Å². The maximum atomic E-state index is 11.5. The molecule has 1 saturated heterocycles. The summed E-state index contributed by atoms with van der Waals surface area (Å²) in [5.41, 5.74) is 2.21. The molecule has 1 aliphatic rings. The van der Waals surface area contributed by atoms with Gasteiger partial charge in [0.2, 0.25) is 0 Å². The van der Waals surface area contributed by atoms with Crippen LogP contribution in [0.4, 0.5) is 0 Å². The van der Waals surface area contributed by atoms with Crippen molar-refractivity contribution in [3.05, 3.63) is 71.8 Å². The molecule has 32 heavy (non-hydrogen) atoms. The number of carbonyl (C=O) groups excluding carboxylic acids is 1. The Hall–Kier alpha value is -2.25. The van der Waals surface area contributed by atoms with E-state index in [1.807, 2.05) is 74.5 Å². The Labute approximate surface area is 191 Å². The molecule has 176 valence electrons. The van der Waals surface area contributed by atoms with Gasteiger partial charge in [-0.1, -0.05) is 74.5 Å². The largest absolute Gasteiger partial charge is 0.464 e. The highest BCUT2D eigenvalue weighted by Crippen LogP contribution is 2.25. The number of rotatable bonds is 11. The van der Waals surface area contributed by atoms with Gasteiger partial charge in [0.05, 0.1) is 38.6 Å². The summed E-state index contributed by atoms with van der Waals surface area (Å²) in [5.74, 6) is -0.373. The number of hydrogen-bond donors (Lipinski definition) is 0. The van der Waals surface area contributed by atoms with E-state index in [2.05, 4.69) is 0 Å². The molecule has 0 saturated carbocycles. The van der Waals surface area contributed by atoms with Gasteiger partial charge in [-0.25, -0.2) is 4.79 Å². The van der Waals surface area contributed by atoms with Gasteiger partial charge in [-0.3, -0.25) is 0 Å². The van der Waals surface area contributed by atoms with Crippen molar-refractivity contribution in [3.8, 4) is 0 Å². The Morgan fingerprint density at radius 2 is 1.50 bits per heavy atom. The lowest BCUT2D eigenvalue weighted by Gasteiger charge is -2.35. The normalized spacial score (nSPS) is 20.2. The van der Waals surface area contributed by atoms with Crippen LogP contribution in [-0.2, 0) is 41.7 Å². The van der Waals surface area contributed by atoms with Crippen LogP contribution in [0.5, 0.6) is 0 Å². The Balaban J connectivity index is 0.00000176. The highest BCUT2D eigenvalue weighted by atomic mass is 16.7. The molecule has 0 bridgehead atoms. The van der Waals surface area contributed by atoms with Gasteiger partial charge in [-0.15, -0.1) is 0 Å². The third kappa shape index (κ3) is 9.92. The molecule has 1 heterocycles. The first kappa shape index (κ1) is 26.0. The van der Waals surface area contributed by atoms with Crippen molar-refractivity contribution >= 4 is 5.97 Å². The second-order valence-corrected chi connectivity index (χ2v) is 7.19. The van der Waals surface area contributed by atoms with Gasteiger partial charge in [0, 0.05) is 12.8 Å². The summed E-state index contributed by atoms with van der Waals surface area (Å²) < 4.78 is 28.6. The number of esters is 1. The van der Waals surface area contributed by atoms with Crippen LogP contribution in [0.2, 0.25) is 0 Å². The van der Waals surface area contributed by atoms with Crippen molar-refractivity contribution in [2.45, 2.75) is 65.3 Å². The van der Waals surface area contributed by atoms with Crippen molar-refractivity contribution in [1.82, 2.24) is 0 Å². The fourth-order valence-electron chi connectivity index (χ4n) is 3.31. The number of carbonyl (C=O) groups is 1. The average Bonchev–Trinajstić information content (AvgIpc) is 2.84. The first-order valence-corrected chi connectivity index (χ1v) is 11.4. The van der Waals surface area contributed by atoms with Crippen molar-refractivity contribution < 1.29 is 28.5 Å². The smallest absolute Gasteiger partial charge is 0.332 e. The van der Waals surface area contributed by atoms with Gasteiger partial charge in [-0.2, -0.15) is 0 Å². The second-order valence-electron chi connectivity index (χ2n) is 7.19. The van der Waals surface area contributed by atoms with Crippen LogP contribution < -0.4 is 0 Å². The lowest BCUT2D eigenvalue weighted by atomic mass is 10.1. The van der Waals surface area contributed by atoms with Gasteiger partial charge in [0.25, 0.3) is 0 Å². The molecule has 2 aromatic rings. The van der Waals surface area contributed by atoms with E-state index in [0.29, 0.717) is 32.7 Å². The Morgan fingerprint density at radius 1 is 0.906 bits per heavy atom. The minimum absolute atomic E-state index is 0.0177. The van der Waals surface area contributed by atoms with Crippen LogP contribution in [0.15, 0.2) is 60.7 Å². The predicted octanol–water partition coefficient (Wildman–Crippen LogP) is 4.90. The third-order valence-electron chi connectivity index (χ3n) is 4.76. The number of ether oxygens (including phenoxy) is 5. The molecule has 6 heteroatoms. The summed E-state index contributed by atoms with van der Waals surface area (Å²) >= 11 is 0. The third-order valence-corrected chi connectivity index (χ3v) is 4.76. The monoisotopic (exact) mass is 444 g/mol. The molecule has 6 nitrogen and oxygen atoms in total. The maximum Gasteiger partial charge on any atom is 0.332 e. The van der Waals surface area contributed by atoms with Crippen LogP contribution in [-0.4, -0.2) is 44.3 Å². The molecule has 3 rings (SSSR count). The maximum absolute atomic E-state index is 11.5. The van der Waals surface area contributed by atoms with Crippen LogP contribution in [0.1, 0.15) is 44.7 Å². The van der Waals surface area contributed by atoms with Gasteiger partial charge >= 0.3 is 5.97 Å². The highest BCUT2D eigenvalue weighted by molar-refractivity contribution is 5.70. The minimum atomic E-state index is -0.393. The fraction of sp³-hybridized carbons (Fsp3) is 0.500. The number of hydrogen-bond acceptors (Lipinski definition) is 6. The van der Waals surface area contributed by atoms with E-state index in [0.717, 1.165) is 11.1 Å². The minimum Gasteiger partial charge on any atom is -0.464 e. The van der Waals surface area contributed by atoms with E-state index < -0.39 is 6.29 Å². The van der Waals surface area contributed by atoms with Crippen LogP contribution in [0.25, 0.3) is 0 Å². The Kier molecular flexibility index (Phi) is 12.6. The summed E-state index contributed by atoms with van der Waals surface area (Å²) in [7, 11) is 0. The zero-order valence-electron chi connectivity index (χ0n) is 19.4. The molecular formula is C26H36O6. The van der Waals surface area contributed by atoms with E-state index in [4.69, 9.17) is 23.7 Å². The molecule has 0 aromatic heterocycles. The molecule has 3 unspecified atom stereocenters. The molecule has 3 atom stereocenters. The van der Waals surface area contributed by atoms with Crippen LogP contribution >= 0.6 is 0 Å². The predicted molar refractivity (Wildman–Crippen MR) is 123 cm³/mol. The molecule has 0 N–H and O–H groups in total. The van der Waals surface area contributed by atoms with Gasteiger partial charge in [0.15, 0.2) is 6.29 Å². The van der Waals surface area contributed by atoms with Crippen LogP contribution in [0.3, 0.4) is 0 Å². The van der Waals surface area contributed by atoms with Gasteiger partial charge in [-0.05, 0) is 18.1 Å². The lowest BCUT2D eigenvalue weighted by molar-refractivity contribution is -0.236. The number of benzene rings is 2. The van der Waals surface area contributed by atoms with E-state index in [1.165, 1.54) is 0 Å². The molecule has 2 aromatic carbocycles. The van der Waals surface area contributed by atoms with Gasteiger partial charge in [0.1, 0.15) is 6.61 Å². The first-order valence-electron chi connectivity index (χ1n) is 11.4. The molecule has 0 radical (unpaired) electrons. The average molecular weight is 445 g/mol. The zero-order valence-corrected chi connectivity index (χ0v) is 19.4. The van der Waals surface area contributed by atoms with Crippen molar-refractivity contribution in [1.29, 1.82) is 0 Å². The van der Waals surface area contributed by atoms with Crippen molar-refractivity contribution in [2.24, 2.45) is 0 Å². The topological polar surface area (TPSA) is 63.2 Å². The summed E-state index contributed by atoms with van der Waals surface area (Å²) in [6, 6.07) is 20.1. The van der Waals surface area contributed by atoms with E-state index in [1.54, 1.807) is 6.92 Å². The molecule has 1 aliphatic heterocycles. The lowest BCUT2D eigenvalue weighted by Crippen LogP contribution is -2.40. The molecule has 0 spiro atoms. The Morgan fingerprint density at radius 3 is 2.09 bits per heavy atom. The zero-order chi connectivity index (χ0) is 23.0. The van der Waals surface area contributed by atoms with E-state index >= 15 is 0 Å². The summed E-state index contributed by atoms with van der Waals surface area (Å²) in [6.45, 7) is 7.31. The molecule has 1 fully saturated rings. The first-order chi connectivity index (χ1) is 15.7. The van der Waals surface area contributed by atoms with Crippen LogP contribution in [0, 0.1) is 0 Å². The highest BCUT2D eigenvalue weighted by Gasteiger charge is 2.31. The van der Waals surface area contributed by atoms with Gasteiger partial charge < -0.3 is 23.7 Å². The molecule has 0 aliphatic carbocycles. The standard InChI is InChI=1S/C24H30O6.C2H6/c1-2-27-23(25)18-26-17-22-13-21(28-15-19-9-5-3-6-10-19)14-24(30-22)29-16-20-11-7-4-8-12-20;1-2/h3-12,21-22,24H,2,13-18H2,1H3;1-2H3. The molecule has 0 amide bonds. The van der Waals surface area contributed by atoms with Crippen molar-refractivity contribution in [2.75, 3.05) is 19.8 Å². The van der Waals surface area contributed by atoms with Crippen molar-refractivity contribution in [3.63, 3.8) is 0 Å². The Bertz CT molecular complexity index is 685. The second kappa shape index (κ2) is 15.5. The SMILES string of the molecule is CC.CCOC(=O)COCC1CC(OCc2ccccc2)CC(OCc2ccccc2)O1. The molecular weight excluding hydrogens is 408 g/mol. The summed E-state index contributed by atoms with van der Waals surface area (Å²) in [6.07, 6.45) is 0.705. The quantitative estimate of drug-likeness (QED) is 0.460.